The van der Waals surface area contributed by atoms with Crippen LogP contribution in [0.4, 0.5) is 0 Å². The summed E-state index contributed by atoms with van der Waals surface area (Å²) in [5, 5.41) is 4.44. The number of nitrogens with zero attached hydrogens (tertiary/aromatic N) is 5. The van der Waals surface area contributed by atoms with E-state index in [0.29, 0.717) is 31.0 Å². The molecule has 2 aromatic heterocycles. The molecule has 0 aromatic carbocycles. The van der Waals surface area contributed by atoms with Crippen LogP contribution in [-0.4, -0.2) is 76.6 Å². The summed E-state index contributed by atoms with van der Waals surface area (Å²) < 4.78 is 7.16. The van der Waals surface area contributed by atoms with E-state index in [9.17, 15) is 9.59 Å². The number of rotatable bonds is 3. The summed E-state index contributed by atoms with van der Waals surface area (Å²) in [6, 6.07) is 1.96. The maximum atomic E-state index is 12.9. The van der Waals surface area contributed by atoms with Crippen LogP contribution in [0.2, 0.25) is 0 Å². The van der Waals surface area contributed by atoms with Gasteiger partial charge in [0.05, 0.1) is 11.9 Å². The van der Waals surface area contributed by atoms with Crippen molar-refractivity contribution in [1.29, 1.82) is 0 Å². The van der Waals surface area contributed by atoms with E-state index in [-0.39, 0.29) is 23.7 Å². The molecular weight excluding hydrogens is 358 g/mol. The van der Waals surface area contributed by atoms with Gasteiger partial charge in [-0.2, -0.15) is 5.10 Å². The van der Waals surface area contributed by atoms with E-state index < -0.39 is 0 Å². The minimum Gasteiger partial charge on any atom is -0.381 e. The van der Waals surface area contributed by atoms with Crippen LogP contribution < -0.4 is 0 Å². The third kappa shape index (κ3) is 3.48. The van der Waals surface area contributed by atoms with Crippen molar-refractivity contribution in [3.05, 3.63) is 29.7 Å². The first-order chi connectivity index (χ1) is 13.6. The van der Waals surface area contributed by atoms with E-state index in [1.165, 1.54) is 4.90 Å². The van der Waals surface area contributed by atoms with Gasteiger partial charge in [-0.3, -0.25) is 9.59 Å². The monoisotopic (exact) mass is 385 g/mol. The highest BCUT2D eigenvalue weighted by Gasteiger charge is 2.31. The van der Waals surface area contributed by atoms with E-state index in [2.05, 4.69) is 10.1 Å². The van der Waals surface area contributed by atoms with E-state index in [1.807, 2.05) is 11.0 Å². The summed E-state index contributed by atoms with van der Waals surface area (Å²) in [7, 11) is 3.44. The molecule has 2 aliphatic rings. The molecule has 0 saturated carbocycles. The third-order valence-electron chi connectivity index (χ3n) is 5.79. The lowest BCUT2D eigenvalue weighted by Gasteiger charge is -2.36. The predicted molar refractivity (Wildman–Crippen MR) is 103 cm³/mol. The van der Waals surface area contributed by atoms with Gasteiger partial charge in [0.15, 0.2) is 5.65 Å². The van der Waals surface area contributed by atoms with Gasteiger partial charge in [-0.05, 0) is 31.7 Å². The number of piperidine rings is 1. The number of amides is 2. The Morgan fingerprint density at radius 2 is 2.00 bits per heavy atom. The standard InChI is InChI=1S/C20H27N5O3/c1-23(2)20(27)16-12-22-25-17(5-8-21-18(16)25)15-4-3-9-24(13-15)19(26)14-6-10-28-11-7-14/h5,8,12,14-15H,3-4,6-7,9-11,13H2,1-2H3/t15-/m1/s1. The molecule has 2 fully saturated rings. The average Bonchev–Trinajstić information content (AvgIpc) is 3.17. The number of fused-ring (bicyclic) bond motifs is 1. The number of carbonyl (C=O) groups excluding carboxylic acids is 2. The minimum absolute atomic E-state index is 0.0824. The Hall–Kier alpha value is -2.48. The molecule has 1 atom stereocenters. The second-order valence-corrected chi connectivity index (χ2v) is 7.87. The fraction of sp³-hybridized carbons (Fsp3) is 0.600. The molecule has 0 N–H and O–H groups in total. The molecular formula is C20H27N5O3. The highest BCUT2D eigenvalue weighted by Crippen LogP contribution is 2.29. The third-order valence-corrected chi connectivity index (χ3v) is 5.79. The van der Waals surface area contributed by atoms with Crippen molar-refractivity contribution in [3.63, 3.8) is 0 Å². The molecule has 2 saturated heterocycles. The van der Waals surface area contributed by atoms with Gasteiger partial charge in [0.1, 0.15) is 5.56 Å². The molecule has 4 rings (SSSR count). The molecule has 8 heteroatoms. The highest BCUT2D eigenvalue weighted by atomic mass is 16.5. The Morgan fingerprint density at radius 3 is 2.75 bits per heavy atom. The van der Waals surface area contributed by atoms with Gasteiger partial charge in [-0.15, -0.1) is 0 Å². The normalized spacial score (nSPS) is 21.1. The lowest BCUT2D eigenvalue weighted by atomic mass is 9.92. The molecule has 2 amide bonds. The molecule has 0 radical (unpaired) electrons. The van der Waals surface area contributed by atoms with Crippen LogP contribution in [-0.2, 0) is 9.53 Å². The van der Waals surface area contributed by atoms with Crippen molar-refractivity contribution in [2.24, 2.45) is 5.92 Å². The van der Waals surface area contributed by atoms with Crippen LogP contribution in [0, 0.1) is 5.92 Å². The second-order valence-electron chi connectivity index (χ2n) is 7.87. The molecule has 150 valence electrons. The SMILES string of the molecule is CN(C)C(=O)c1cnn2c([C@@H]3CCCN(C(=O)C4CCOCC4)C3)ccnc12. The Balaban J connectivity index is 1.57. The van der Waals surface area contributed by atoms with Crippen molar-refractivity contribution in [2.45, 2.75) is 31.6 Å². The average molecular weight is 385 g/mol. The summed E-state index contributed by atoms with van der Waals surface area (Å²) in [5.41, 5.74) is 2.08. The second kappa shape index (κ2) is 7.87. The molecule has 0 bridgehead atoms. The first-order valence-corrected chi connectivity index (χ1v) is 9.97. The molecule has 2 aliphatic heterocycles. The zero-order valence-corrected chi connectivity index (χ0v) is 16.5. The van der Waals surface area contributed by atoms with Crippen LogP contribution in [0.3, 0.4) is 0 Å². The molecule has 8 nitrogen and oxygen atoms in total. The Morgan fingerprint density at radius 1 is 1.21 bits per heavy atom. The van der Waals surface area contributed by atoms with Crippen molar-refractivity contribution < 1.29 is 14.3 Å². The first-order valence-electron chi connectivity index (χ1n) is 9.97. The fourth-order valence-electron chi connectivity index (χ4n) is 4.23. The maximum absolute atomic E-state index is 12.9. The van der Waals surface area contributed by atoms with Gasteiger partial charge in [-0.1, -0.05) is 0 Å². The Kier molecular flexibility index (Phi) is 5.30. The van der Waals surface area contributed by atoms with Crippen LogP contribution in [0.25, 0.3) is 5.65 Å². The number of carbonyl (C=O) groups is 2. The van der Waals surface area contributed by atoms with Gasteiger partial charge in [0.25, 0.3) is 5.91 Å². The highest BCUT2D eigenvalue weighted by molar-refractivity contribution is 5.99. The van der Waals surface area contributed by atoms with Gasteiger partial charge in [0.2, 0.25) is 5.91 Å². The lowest BCUT2D eigenvalue weighted by Crippen LogP contribution is -2.44. The predicted octanol–water partition coefficient (Wildman–Crippen LogP) is 1.56. The van der Waals surface area contributed by atoms with Crippen LogP contribution in [0.1, 0.15) is 47.7 Å². The maximum Gasteiger partial charge on any atom is 0.258 e. The van der Waals surface area contributed by atoms with Gasteiger partial charge in [-0.25, -0.2) is 9.50 Å². The minimum atomic E-state index is -0.111. The zero-order chi connectivity index (χ0) is 19.7. The summed E-state index contributed by atoms with van der Waals surface area (Å²) in [6.45, 7) is 2.85. The molecule has 4 heterocycles. The number of ether oxygens (including phenoxy) is 1. The van der Waals surface area contributed by atoms with Crippen molar-refractivity contribution in [3.8, 4) is 0 Å². The van der Waals surface area contributed by atoms with Gasteiger partial charge >= 0.3 is 0 Å². The van der Waals surface area contributed by atoms with Crippen molar-refractivity contribution >= 4 is 17.5 Å². The number of likely N-dealkylation sites (tertiary alicyclic amines) is 1. The molecule has 0 aliphatic carbocycles. The summed E-state index contributed by atoms with van der Waals surface area (Å²) >= 11 is 0. The lowest BCUT2D eigenvalue weighted by molar-refractivity contribution is -0.139. The topological polar surface area (TPSA) is 80.0 Å². The van der Waals surface area contributed by atoms with E-state index in [4.69, 9.17) is 4.74 Å². The number of hydrogen-bond donors (Lipinski definition) is 0. The summed E-state index contributed by atoms with van der Waals surface area (Å²) in [6.07, 6.45) is 6.91. The van der Waals surface area contributed by atoms with Crippen LogP contribution >= 0.6 is 0 Å². The van der Waals surface area contributed by atoms with Gasteiger partial charge < -0.3 is 14.5 Å². The quantitative estimate of drug-likeness (QED) is 0.801. The number of hydrogen-bond acceptors (Lipinski definition) is 5. The van der Waals surface area contributed by atoms with Crippen LogP contribution in [0.5, 0.6) is 0 Å². The van der Waals surface area contributed by atoms with E-state index >= 15 is 0 Å². The largest absolute Gasteiger partial charge is 0.381 e. The summed E-state index contributed by atoms with van der Waals surface area (Å²) in [4.78, 5) is 33.3. The van der Waals surface area contributed by atoms with E-state index in [1.54, 1.807) is 31.0 Å². The van der Waals surface area contributed by atoms with Crippen molar-refractivity contribution in [1.82, 2.24) is 24.4 Å². The van der Waals surface area contributed by atoms with Crippen LogP contribution in [0.15, 0.2) is 18.5 Å². The molecule has 28 heavy (non-hydrogen) atoms. The van der Waals surface area contributed by atoms with Crippen molar-refractivity contribution in [2.75, 3.05) is 40.4 Å². The Bertz CT molecular complexity index is 872. The van der Waals surface area contributed by atoms with E-state index in [0.717, 1.165) is 37.9 Å². The number of aromatic nitrogens is 3. The molecule has 2 aromatic rings. The smallest absolute Gasteiger partial charge is 0.258 e. The first kappa shape index (κ1) is 18.9. The fourth-order valence-corrected chi connectivity index (χ4v) is 4.23. The van der Waals surface area contributed by atoms with Gasteiger partial charge in [0, 0.05) is 58.4 Å². The molecule has 0 spiro atoms. The molecule has 0 unspecified atom stereocenters. The Labute approximate surface area is 164 Å². The summed E-state index contributed by atoms with van der Waals surface area (Å²) in [5.74, 6) is 0.408. The zero-order valence-electron chi connectivity index (χ0n) is 16.5.